The molecule has 0 fully saturated rings. The van der Waals surface area contributed by atoms with Crippen molar-refractivity contribution in [3.05, 3.63) is 71.9 Å². The molecule has 0 spiro atoms. The smallest absolute Gasteiger partial charge is 0.164 e. The summed E-state index contributed by atoms with van der Waals surface area (Å²) in [5.74, 6) is 1.73. The highest BCUT2D eigenvalue weighted by molar-refractivity contribution is 6.26. The van der Waals surface area contributed by atoms with Gasteiger partial charge in [-0.25, -0.2) is 15.0 Å². The van der Waals surface area contributed by atoms with Crippen LogP contribution < -0.4 is 5.73 Å². The fourth-order valence-corrected chi connectivity index (χ4v) is 2.59. The Labute approximate surface area is 121 Å². The van der Waals surface area contributed by atoms with Crippen molar-refractivity contribution in [1.82, 2.24) is 4.98 Å². The molecule has 0 radical (unpaired) electrons. The number of rotatable bonds is 1. The van der Waals surface area contributed by atoms with E-state index in [0.717, 1.165) is 21.9 Å². The van der Waals surface area contributed by atoms with Crippen molar-refractivity contribution in [2.45, 2.75) is 0 Å². The van der Waals surface area contributed by atoms with Crippen molar-refractivity contribution in [3.8, 4) is 0 Å². The minimum absolute atomic E-state index is 0.494. The minimum Gasteiger partial charge on any atom is -0.383 e. The zero-order chi connectivity index (χ0) is 14.2. The maximum atomic E-state index is 6.10. The summed E-state index contributed by atoms with van der Waals surface area (Å²) in [6.45, 7) is 0. The average molecular weight is 272 g/mol. The predicted octanol–water partition coefficient (Wildman–Crippen LogP) is 3.03. The van der Waals surface area contributed by atoms with Crippen molar-refractivity contribution in [2.75, 3.05) is 0 Å². The number of nitrogens with two attached hydrogens (primary N) is 1. The molecule has 100 valence electrons. The van der Waals surface area contributed by atoms with Gasteiger partial charge in [0.1, 0.15) is 5.84 Å². The van der Waals surface area contributed by atoms with Crippen LogP contribution in [0, 0.1) is 0 Å². The van der Waals surface area contributed by atoms with Crippen molar-refractivity contribution in [2.24, 2.45) is 15.7 Å². The van der Waals surface area contributed by atoms with Crippen LogP contribution in [-0.2, 0) is 0 Å². The summed E-state index contributed by atoms with van der Waals surface area (Å²) in [6, 6.07) is 17.7. The number of amidine groups is 2. The molecule has 3 aromatic rings. The van der Waals surface area contributed by atoms with Crippen LogP contribution in [0.5, 0.6) is 0 Å². The quantitative estimate of drug-likeness (QED) is 0.740. The first-order chi connectivity index (χ1) is 10.3. The molecule has 2 heterocycles. The molecule has 0 atom stereocenters. The van der Waals surface area contributed by atoms with Gasteiger partial charge in [0, 0.05) is 22.7 Å². The molecule has 1 aromatic heterocycles. The molecule has 0 unspecified atom stereocenters. The van der Waals surface area contributed by atoms with Gasteiger partial charge in [-0.05, 0) is 17.5 Å². The Kier molecular flexibility index (Phi) is 2.54. The second-order valence-corrected chi connectivity index (χ2v) is 4.83. The van der Waals surface area contributed by atoms with Crippen LogP contribution in [0.2, 0.25) is 0 Å². The summed E-state index contributed by atoms with van der Waals surface area (Å²) in [4.78, 5) is 13.2. The highest BCUT2D eigenvalue weighted by Gasteiger charge is 2.18. The number of pyridine rings is 1. The molecular formula is C17H12N4. The molecule has 0 saturated carbocycles. The topological polar surface area (TPSA) is 63.6 Å². The van der Waals surface area contributed by atoms with Gasteiger partial charge < -0.3 is 5.73 Å². The molecule has 1 aliphatic rings. The number of benzene rings is 2. The predicted molar refractivity (Wildman–Crippen MR) is 85.1 cm³/mol. The molecule has 0 bridgehead atoms. The number of aromatic nitrogens is 1. The fourth-order valence-electron chi connectivity index (χ4n) is 2.59. The van der Waals surface area contributed by atoms with E-state index >= 15 is 0 Å². The molecule has 4 rings (SSSR count). The summed E-state index contributed by atoms with van der Waals surface area (Å²) in [6.07, 6.45) is 1.71. The molecule has 2 aromatic carbocycles. The van der Waals surface area contributed by atoms with Gasteiger partial charge in [0.2, 0.25) is 0 Å². The van der Waals surface area contributed by atoms with E-state index in [9.17, 15) is 0 Å². The fraction of sp³-hybridized carbons (Fsp3) is 0. The van der Waals surface area contributed by atoms with Gasteiger partial charge in [-0.2, -0.15) is 0 Å². The maximum Gasteiger partial charge on any atom is 0.164 e. The van der Waals surface area contributed by atoms with Crippen LogP contribution >= 0.6 is 0 Å². The Morgan fingerprint density at radius 1 is 0.857 bits per heavy atom. The summed E-state index contributed by atoms with van der Waals surface area (Å²) in [5.41, 5.74) is 8.05. The van der Waals surface area contributed by atoms with Crippen molar-refractivity contribution in [3.63, 3.8) is 0 Å². The standard InChI is InChI=1S/C17H12N4/c18-16-12-7-3-5-11-6-4-8-13(15(11)12)17(21-16)20-14-9-1-2-10-19-14/h1-10H,(H2,18,19,20,21). The monoisotopic (exact) mass is 272 g/mol. The molecule has 4 nitrogen and oxygen atoms in total. The molecule has 0 saturated heterocycles. The minimum atomic E-state index is 0.494. The Morgan fingerprint density at radius 3 is 2.43 bits per heavy atom. The van der Waals surface area contributed by atoms with E-state index in [2.05, 4.69) is 27.1 Å². The van der Waals surface area contributed by atoms with E-state index in [1.165, 1.54) is 0 Å². The third-order valence-corrected chi connectivity index (χ3v) is 3.52. The number of aliphatic imine (C=N–C) groups is 2. The molecule has 4 heteroatoms. The molecule has 0 aliphatic carbocycles. The van der Waals surface area contributed by atoms with Crippen molar-refractivity contribution in [1.29, 1.82) is 0 Å². The lowest BCUT2D eigenvalue weighted by Gasteiger charge is -2.16. The zero-order valence-corrected chi connectivity index (χ0v) is 11.2. The molecule has 0 amide bonds. The normalized spacial score (nSPS) is 15.2. The van der Waals surface area contributed by atoms with Crippen LogP contribution in [0.1, 0.15) is 11.1 Å². The second-order valence-electron chi connectivity index (χ2n) is 4.83. The number of nitrogens with zero attached hydrogens (tertiary/aromatic N) is 3. The molecule has 21 heavy (non-hydrogen) atoms. The van der Waals surface area contributed by atoms with Gasteiger partial charge in [0.15, 0.2) is 11.7 Å². The second kappa shape index (κ2) is 4.52. The SMILES string of the molecule is NC1=N/C(=N\c2ccccn2)c2cccc3cccc1c23. The van der Waals surface area contributed by atoms with E-state index in [4.69, 9.17) is 5.73 Å². The summed E-state index contributed by atoms with van der Waals surface area (Å²) in [7, 11) is 0. The van der Waals surface area contributed by atoms with E-state index < -0.39 is 0 Å². The van der Waals surface area contributed by atoms with Crippen LogP contribution in [0.3, 0.4) is 0 Å². The summed E-state index contributed by atoms with van der Waals surface area (Å²) >= 11 is 0. The largest absolute Gasteiger partial charge is 0.383 e. The molecular weight excluding hydrogens is 260 g/mol. The molecule has 2 N–H and O–H groups in total. The van der Waals surface area contributed by atoms with Crippen molar-refractivity contribution < 1.29 is 0 Å². The summed E-state index contributed by atoms with van der Waals surface area (Å²) < 4.78 is 0. The first kappa shape index (κ1) is 11.8. The van der Waals surface area contributed by atoms with Gasteiger partial charge in [0.25, 0.3) is 0 Å². The summed E-state index contributed by atoms with van der Waals surface area (Å²) in [5, 5.41) is 2.23. The highest BCUT2D eigenvalue weighted by atomic mass is 15.0. The van der Waals surface area contributed by atoms with E-state index in [0.29, 0.717) is 17.5 Å². The lowest BCUT2D eigenvalue weighted by atomic mass is 9.96. The van der Waals surface area contributed by atoms with Crippen LogP contribution in [-0.4, -0.2) is 16.7 Å². The lowest BCUT2D eigenvalue weighted by molar-refractivity contribution is 1.26. The van der Waals surface area contributed by atoms with Gasteiger partial charge in [-0.1, -0.05) is 42.5 Å². The highest BCUT2D eigenvalue weighted by Crippen LogP contribution is 2.28. The van der Waals surface area contributed by atoms with Crippen LogP contribution in [0.15, 0.2) is 70.8 Å². The maximum absolute atomic E-state index is 6.10. The van der Waals surface area contributed by atoms with Gasteiger partial charge in [0.05, 0.1) is 0 Å². The third kappa shape index (κ3) is 1.89. The van der Waals surface area contributed by atoms with Crippen LogP contribution in [0.25, 0.3) is 10.8 Å². The number of hydrogen-bond donors (Lipinski definition) is 1. The van der Waals surface area contributed by atoms with Gasteiger partial charge >= 0.3 is 0 Å². The first-order valence-corrected chi connectivity index (χ1v) is 6.69. The first-order valence-electron chi connectivity index (χ1n) is 6.69. The Morgan fingerprint density at radius 2 is 1.67 bits per heavy atom. The van der Waals surface area contributed by atoms with Gasteiger partial charge in [-0.3, -0.25) is 0 Å². The number of hydrogen-bond acceptors (Lipinski definition) is 3. The molecule has 1 aliphatic heterocycles. The van der Waals surface area contributed by atoms with Crippen molar-refractivity contribution >= 4 is 28.3 Å². The van der Waals surface area contributed by atoms with E-state index in [1.54, 1.807) is 6.20 Å². The van der Waals surface area contributed by atoms with E-state index in [1.807, 2.05) is 42.5 Å². The third-order valence-electron chi connectivity index (χ3n) is 3.52. The van der Waals surface area contributed by atoms with E-state index in [-0.39, 0.29) is 0 Å². The zero-order valence-electron chi connectivity index (χ0n) is 11.2. The van der Waals surface area contributed by atoms with Gasteiger partial charge in [-0.15, -0.1) is 0 Å². The lowest BCUT2D eigenvalue weighted by Crippen LogP contribution is -2.21. The Bertz CT molecular complexity index is 890. The Balaban J connectivity index is 2.01. The Hall–Kier alpha value is -3.01. The van der Waals surface area contributed by atoms with Crippen LogP contribution in [0.4, 0.5) is 5.82 Å². The average Bonchev–Trinajstić information content (AvgIpc) is 2.53.